The summed E-state index contributed by atoms with van der Waals surface area (Å²) < 4.78 is 30.5. The van der Waals surface area contributed by atoms with Gasteiger partial charge in [-0.3, -0.25) is 4.79 Å². The molecule has 0 bridgehead atoms. The summed E-state index contributed by atoms with van der Waals surface area (Å²) >= 11 is 1.42. The van der Waals surface area contributed by atoms with Crippen LogP contribution in [0.1, 0.15) is 38.5 Å². The first kappa shape index (κ1) is 22.5. The van der Waals surface area contributed by atoms with Crippen molar-refractivity contribution in [1.82, 2.24) is 0 Å². The number of rotatable bonds is 6. The lowest BCUT2D eigenvalue weighted by Gasteiger charge is -2.24. The molecule has 0 radical (unpaired) electrons. The largest absolute Gasteiger partial charge is 0.457 e. The second-order valence-electron chi connectivity index (χ2n) is 9.06. The van der Waals surface area contributed by atoms with Gasteiger partial charge in [0.15, 0.2) is 15.0 Å². The molecule has 8 heteroatoms. The lowest BCUT2D eigenvalue weighted by Crippen LogP contribution is -2.37. The van der Waals surface area contributed by atoms with E-state index in [1.807, 2.05) is 59.5 Å². The van der Waals surface area contributed by atoms with E-state index < -0.39 is 9.84 Å². The van der Waals surface area contributed by atoms with Crippen LogP contribution in [-0.2, 0) is 14.6 Å². The van der Waals surface area contributed by atoms with Gasteiger partial charge in [-0.05, 0) is 48.7 Å². The molecule has 2 aromatic carbocycles. The highest BCUT2D eigenvalue weighted by atomic mass is 32.2. The van der Waals surface area contributed by atoms with Crippen LogP contribution >= 0.6 is 11.8 Å². The Kier molecular flexibility index (Phi) is 6.47. The Morgan fingerprint density at radius 3 is 2.42 bits per heavy atom. The Morgan fingerprint density at radius 2 is 1.70 bits per heavy atom. The molecular weight excluding hydrogens is 456 g/mol. The lowest BCUT2D eigenvalue weighted by atomic mass is 10.0. The quantitative estimate of drug-likeness (QED) is 0.571. The summed E-state index contributed by atoms with van der Waals surface area (Å²) in [4.78, 5) is 19.1. The van der Waals surface area contributed by atoms with Crippen LogP contribution in [0.5, 0.6) is 11.5 Å². The fourth-order valence-corrected chi connectivity index (χ4v) is 8.89. The van der Waals surface area contributed by atoms with Crippen LogP contribution in [0.2, 0.25) is 0 Å². The maximum Gasteiger partial charge on any atom is 0.248 e. The minimum absolute atomic E-state index is 0.0855. The van der Waals surface area contributed by atoms with Gasteiger partial charge in [0.2, 0.25) is 5.91 Å². The number of amidine groups is 1. The number of anilines is 1. The van der Waals surface area contributed by atoms with E-state index >= 15 is 0 Å². The zero-order valence-electron chi connectivity index (χ0n) is 18.4. The zero-order valence-corrected chi connectivity index (χ0v) is 20.1. The highest BCUT2D eigenvalue weighted by Gasteiger charge is 2.49. The highest BCUT2D eigenvalue weighted by Crippen LogP contribution is 2.41. The van der Waals surface area contributed by atoms with Crippen LogP contribution in [0.25, 0.3) is 0 Å². The number of hydrogen-bond acceptors (Lipinski definition) is 5. The van der Waals surface area contributed by atoms with Gasteiger partial charge in [0, 0.05) is 17.4 Å². The summed E-state index contributed by atoms with van der Waals surface area (Å²) in [7, 11) is -3.10. The molecule has 1 amide bonds. The van der Waals surface area contributed by atoms with E-state index in [-0.39, 0.29) is 28.7 Å². The first-order valence-electron chi connectivity index (χ1n) is 11.6. The van der Waals surface area contributed by atoms with Crippen molar-refractivity contribution >= 4 is 38.4 Å². The van der Waals surface area contributed by atoms with Crippen LogP contribution in [-0.4, -0.2) is 42.3 Å². The third-order valence-electron chi connectivity index (χ3n) is 6.62. The van der Waals surface area contributed by atoms with Gasteiger partial charge in [-0.15, -0.1) is 0 Å². The van der Waals surface area contributed by atoms with Crippen molar-refractivity contribution in [3.63, 3.8) is 0 Å². The summed E-state index contributed by atoms with van der Waals surface area (Å²) in [6.45, 7) is 0. The number of carbonyl (C=O) groups is 1. The molecule has 0 unspecified atom stereocenters. The Bertz CT molecular complexity index is 1130. The molecule has 0 aromatic heterocycles. The molecule has 2 saturated heterocycles. The number of nitrogens with zero attached hydrogens (tertiary/aromatic N) is 2. The monoisotopic (exact) mass is 484 g/mol. The summed E-state index contributed by atoms with van der Waals surface area (Å²) in [6.07, 6.45) is 6.30. The second kappa shape index (κ2) is 9.50. The minimum atomic E-state index is -3.10. The van der Waals surface area contributed by atoms with Gasteiger partial charge in [0.1, 0.15) is 11.5 Å². The van der Waals surface area contributed by atoms with Gasteiger partial charge < -0.3 is 9.64 Å². The number of hydrogen-bond donors (Lipinski definition) is 0. The summed E-state index contributed by atoms with van der Waals surface area (Å²) in [6, 6.07) is 16.9. The number of thioether (sulfide) groups is 1. The van der Waals surface area contributed by atoms with Crippen molar-refractivity contribution in [2.45, 2.75) is 49.8 Å². The average Bonchev–Trinajstić information content (AvgIpc) is 3.48. The molecule has 0 spiro atoms. The molecule has 2 aliphatic heterocycles. The van der Waals surface area contributed by atoms with E-state index in [0.29, 0.717) is 23.3 Å². The molecule has 2 aromatic rings. The molecule has 6 nitrogen and oxygen atoms in total. The fraction of sp³-hybridized carbons (Fsp3) is 0.440. The van der Waals surface area contributed by atoms with Crippen molar-refractivity contribution in [2.24, 2.45) is 10.9 Å². The van der Waals surface area contributed by atoms with Gasteiger partial charge in [0.25, 0.3) is 0 Å². The molecule has 2 heterocycles. The van der Waals surface area contributed by atoms with Crippen molar-refractivity contribution in [3.05, 3.63) is 54.6 Å². The summed E-state index contributed by atoms with van der Waals surface area (Å²) in [5.41, 5.74) is 0.829. The van der Waals surface area contributed by atoms with E-state index in [1.54, 1.807) is 0 Å². The normalized spacial score (nSPS) is 25.5. The van der Waals surface area contributed by atoms with E-state index in [9.17, 15) is 13.2 Å². The van der Waals surface area contributed by atoms with Crippen LogP contribution < -0.4 is 9.64 Å². The van der Waals surface area contributed by atoms with Gasteiger partial charge in [0.05, 0.1) is 17.5 Å². The first-order chi connectivity index (χ1) is 16.0. The van der Waals surface area contributed by atoms with Crippen molar-refractivity contribution < 1.29 is 17.9 Å². The Hall–Kier alpha value is -2.32. The molecule has 174 valence electrons. The Morgan fingerprint density at radius 1 is 1.00 bits per heavy atom. The molecular formula is C25H28N2O4S2. The van der Waals surface area contributed by atoms with E-state index in [1.165, 1.54) is 37.4 Å². The predicted octanol–water partition coefficient (Wildman–Crippen LogP) is 5.05. The molecule has 3 fully saturated rings. The van der Waals surface area contributed by atoms with E-state index in [2.05, 4.69) is 4.99 Å². The maximum atomic E-state index is 12.7. The topological polar surface area (TPSA) is 76.0 Å². The fourth-order valence-electron chi connectivity index (χ4n) is 4.96. The Labute approximate surface area is 199 Å². The van der Waals surface area contributed by atoms with Gasteiger partial charge >= 0.3 is 0 Å². The number of fused-ring (bicyclic) bond motifs is 1. The maximum absolute atomic E-state index is 12.7. The smallest absolute Gasteiger partial charge is 0.248 e. The number of ether oxygens (including phenoxy) is 1. The van der Waals surface area contributed by atoms with Crippen LogP contribution in [0.3, 0.4) is 0 Å². The molecule has 3 aliphatic rings. The zero-order chi connectivity index (χ0) is 22.8. The lowest BCUT2D eigenvalue weighted by molar-refractivity contribution is -0.118. The predicted molar refractivity (Wildman–Crippen MR) is 133 cm³/mol. The van der Waals surface area contributed by atoms with Gasteiger partial charge in [-0.25, -0.2) is 8.42 Å². The minimum Gasteiger partial charge on any atom is -0.457 e. The van der Waals surface area contributed by atoms with Crippen LogP contribution in [0.15, 0.2) is 59.6 Å². The molecule has 5 rings (SSSR count). The summed E-state index contributed by atoms with van der Waals surface area (Å²) in [5, 5.41) is 0.518. The third-order valence-corrected chi connectivity index (χ3v) is 9.83. The second-order valence-corrected chi connectivity index (χ2v) is 12.4. The number of benzene rings is 2. The third kappa shape index (κ3) is 5.27. The molecule has 1 saturated carbocycles. The molecule has 33 heavy (non-hydrogen) atoms. The van der Waals surface area contributed by atoms with Gasteiger partial charge in [-0.2, -0.15) is 4.99 Å². The molecule has 1 aliphatic carbocycles. The van der Waals surface area contributed by atoms with Crippen molar-refractivity contribution in [2.75, 3.05) is 16.4 Å². The van der Waals surface area contributed by atoms with Crippen LogP contribution in [0, 0.1) is 5.92 Å². The van der Waals surface area contributed by atoms with Crippen molar-refractivity contribution in [1.29, 1.82) is 0 Å². The van der Waals surface area contributed by atoms with Gasteiger partial charge in [-0.1, -0.05) is 55.6 Å². The molecule has 0 N–H and O–H groups in total. The van der Waals surface area contributed by atoms with E-state index in [4.69, 9.17) is 4.74 Å². The average molecular weight is 485 g/mol. The number of para-hydroxylation sites is 1. The van der Waals surface area contributed by atoms with Crippen molar-refractivity contribution in [3.8, 4) is 11.5 Å². The van der Waals surface area contributed by atoms with Crippen LogP contribution in [0.4, 0.5) is 5.69 Å². The summed E-state index contributed by atoms with van der Waals surface area (Å²) in [5.74, 6) is 2.19. The number of carbonyl (C=O) groups excluding carboxylic acids is 1. The number of aliphatic imine (C=N–C) groups is 1. The van der Waals surface area contributed by atoms with E-state index in [0.717, 1.165) is 17.9 Å². The molecule has 2 atom stereocenters. The number of sulfone groups is 1. The SMILES string of the molecule is O=C(CCC1CCCC1)N=C1S[C@H]2CS(=O)(=O)C[C@H]2N1c1ccc(Oc2ccccc2)cc1. The number of amides is 1. The first-order valence-corrected chi connectivity index (χ1v) is 14.3. The highest BCUT2D eigenvalue weighted by molar-refractivity contribution is 8.16. The Balaban J connectivity index is 1.35. The standard InChI is InChI=1S/C25H28N2O4S2/c28-24(15-10-18-6-4-5-7-18)26-25-27(22-16-33(29,30)17-23(22)32-25)19-11-13-21(14-12-19)31-20-8-2-1-3-9-20/h1-3,8-9,11-14,18,22-23H,4-7,10,15-17H2/t22-,23+/m1/s1.